The monoisotopic (exact) mass is 259 g/mol. The van der Waals surface area contributed by atoms with Gasteiger partial charge >= 0.3 is 5.97 Å². The highest BCUT2D eigenvalue weighted by atomic mass is 35.5. The quantitative estimate of drug-likeness (QED) is 0.855. The van der Waals surface area contributed by atoms with Crippen LogP contribution in [0.2, 0.25) is 5.02 Å². The summed E-state index contributed by atoms with van der Waals surface area (Å²) in [6.07, 6.45) is 0. The highest BCUT2D eigenvalue weighted by Gasteiger charge is 2.20. The van der Waals surface area contributed by atoms with Crippen molar-refractivity contribution in [2.45, 2.75) is 26.4 Å². The Morgan fingerprint density at radius 3 is 2.59 bits per heavy atom. The van der Waals surface area contributed by atoms with E-state index in [0.717, 1.165) is 0 Å². The molecule has 0 radical (unpaired) electrons. The van der Waals surface area contributed by atoms with Gasteiger partial charge in [0.25, 0.3) is 0 Å². The Morgan fingerprint density at radius 2 is 2.12 bits per heavy atom. The molecule has 0 unspecified atom stereocenters. The fourth-order valence-electron chi connectivity index (χ4n) is 1.55. The lowest BCUT2D eigenvalue weighted by atomic mass is 10.0. The van der Waals surface area contributed by atoms with E-state index in [1.54, 1.807) is 6.07 Å². The van der Waals surface area contributed by atoms with E-state index in [2.05, 4.69) is 5.32 Å². The second-order valence-electron chi connectivity index (χ2n) is 4.22. The summed E-state index contributed by atoms with van der Waals surface area (Å²) in [5.74, 6) is -1.38. The number of nitrogens with one attached hydrogen (secondary N) is 1. The first-order chi connectivity index (χ1) is 7.90. The number of benzene rings is 1. The van der Waals surface area contributed by atoms with Crippen LogP contribution in [-0.2, 0) is 11.3 Å². The Morgan fingerprint density at radius 1 is 1.47 bits per heavy atom. The minimum atomic E-state index is -0.914. The lowest BCUT2D eigenvalue weighted by molar-refractivity contribution is -0.140. The van der Waals surface area contributed by atoms with Crippen molar-refractivity contribution >= 4 is 17.6 Å². The van der Waals surface area contributed by atoms with Crippen LogP contribution in [0.25, 0.3) is 0 Å². The molecule has 0 saturated carbocycles. The van der Waals surface area contributed by atoms with Gasteiger partial charge in [0.15, 0.2) is 0 Å². The Balaban J connectivity index is 2.68. The van der Waals surface area contributed by atoms with Crippen molar-refractivity contribution in [3.63, 3.8) is 0 Å². The third-order valence-electron chi connectivity index (χ3n) is 2.38. The van der Waals surface area contributed by atoms with Crippen molar-refractivity contribution in [2.75, 3.05) is 0 Å². The van der Waals surface area contributed by atoms with Gasteiger partial charge < -0.3 is 10.4 Å². The number of hydrogen-bond acceptors (Lipinski definition) is 2. The zero-order valence-corrected chi connectivity index (χ0v) is 10.5. The Hall–Kier alpha value is -1.13. The topological polar surface area (TPSA) is 49.3 Å². The molecule has 1 atom stereocenters. The molecule has 2 N–H and O–H groups in total. The van der Waals surface area contributed by atoms with Crippen LogP contribution >= 0.6 is 11.6 Å². The molecule has 0 aromatic heterocycles. The average molecular weight is 260 g/mol. The maximum absolute atomic E-state index is 13.0. The van der Waals surface area contributed by atoms with E-state index in [1.165, 1.54) is 12.1 Å². The molecule has 0 amide bonds. The van der Waals surface area contributed by atoms with Crippen LogP contribution in [0.4, 0.5) is 4.39 Å². The van der Waals surface area contributed by atoms with E-state index in [1.807, 2.05) is 13.8 Å². The number of carbonyl (C=O) groups is 1. The maximum Gasteiger partial charge on any atom is 0.320 e. The first kappa shape index (κ1) is 13.9. The third kappa shape index (κ3) is 4.32. The minimum absolute atomic E-state index is 0.0449. The molecule has 0 saturated heterocycles. The summed E-state index contributed by atoms with van der Waals surface area (Å²) in [7, 11) is 0. The molecule has 1 aromatic carbocycles. The molecule has 3 nitrogen and oxygen atoms in total. The molecule has 5 heteroatoms. The van der Waals surface area contributed by atoms with E-state index < -0.39 is 17.8 Å². The lowest BCUT2D eigenvalue weighted by Gasteiger charge is -2.17. The molecule has 94 valence electrons. The summed E-state index contributed by atoms with van der Waals surface area (Å²) in [5, 5.41) is 12.1. The molecule has 0 bridgehead atoms. The van der Waals surface area contributed by atoms with Gasteiger partial charge in [-0.1, -0.05) is 25.4 Å². The molecular weight excluding hydrogens is 245 g/mol. The Bertz CT molecular complexity index is 389. The molecule has 0 aliphatic carbocycles. The highest BCUT2D eigenvalue weighted by Crippen LogP contribution is 2.14. The number of rotatable bonds is 5. The van der Waals surface area contributed by atoms with E-state index in [0.29, 0.717) is 10.6 Å². The summed E-state index contributed by atoms with van der Waals surface area (Å²) < 4.78 is 13.0. The van der Waals surface area contributed by atoms with Gasteiger partial charge in [0.05, 0.1) is 0 Å². The van der Waals surface area contributed by atoms with Gasteiger partial charge in [-0.3, -0.25) is 4.79 Å². The van der Waals surface area contributed by atoms with Gasteiger partial charge in [-0.15, -0.1) is 0 Å². The van der Waals surface area contributed by atoms with Crippen LogP contribution < -0.4 is 5.32 Å². The molecule has 1 aromatic rings. The largest absolute Gasteiger partial charge is 0.480 e. The molecule has 0 heterocycles. The normalized spacial score (nSPS) is 12.8. The standard InChI is InChI=1S/C12H15ClFNO2/c1-7(2)11(12(16)17)15-6-8-3-9(13)5-10(14)4-8/h3-5,7,11,15H,6H2,1-2H3,(H,16,17)/t11-/m1/s1. The van der Waals surface area contributed by atoms with Crippen LogP contribution in [0.1, 0.15) is 19.4 Å². The number of aliphatic carboxylic acids is 1. The zero-order chi connectivity index (χ0) is 13.0. The van der Waals surface area contributed by atoms with Crippen molar-refractivity contribution in [1.82, 2.24) is 5.32 Å². The van der Waals surface area contributed by atoms with Crippen molar-refractivity contribution < 1.29 is 14.3 Å². The fraction of sp³-hybridized carbons (Fsp3) is 0.417. The second-order valence-corrected chi connectivity index (χ2v) is 4.65. The van der Waals surface area contributed by atoms with E-state index >= 15 is 0 Å². The van der Waals surface area contributed by atoms with Crippen LogP contribution in [0.15, 0.2) is 18.2 Å². The van der Waals surface area contributed by atoms with E-state index in [4.69, 9.17) is 16.7 Å². The van der Waals surface area contributed by atoms with Gasteiger partial charge in [-0.05, 0) is 29.7 Å². The van der Waals surface area contributed by atoms with Crippen LogP contribution in [0.5, 0.6) is 0 Å². The van der Waals surface area contributed by atoms with Crippen LogP contribution in [0.3, 0.4) is 0 Å². The molecule has 0 aliphatic rings. The van der Waals surface area contributed by atoms with Crippen LogP contribution in [-0.4, -0.2) is 17.1 Å². The molecule has 1 rings (SSSR count). The summed E-state index contributed by atoms with van der Waals surface area (Å²) in [4.78, 5) is 10.9. The van der Waals surface area contributed by atoms with Gasteiger partial charge in [0.1, 0.15) is 11.9 Å². The predicted molar refractivity (Wildman–Crippen MR) is 64.5 cm³/mol. The summed E-state index contributed by atoms with van der Waals surface area (Å²) in [6, 6.07) is 3.49. The average Bonchev–Trinajstić information content (AvgIpc) is 2.14. The number of carboxylic acids is 1. The molecule has 0 aliphatic heterocycles. The molecule has 0 spiro atoms. The SMILES string of the molecule is CC(C)[C@@H](NCc1cc(F)cc(Cl)c1)C(=O)O. The lowest BCUT2D eigenvalue weighted by Crippen LogP contribution is -2.40. The maximum atomic E-state index is 13.0. The second kappa shape index (κ2) is 5.98. The van der Waals surface area contributed by atoms with E-state index in [-0.39, 0.29) is 12.5 Å². The number of carboxylic acid groups (broad SMARTS) is 1. The first-order valence-electron chi connectivity index (χ1n) is 5.31. The third-order valence-corrected chi connectivity index (χ3v) is 2.60. The fourth-order valence-corrected chi connectivity index (χ4v) is 1.79. The Labute approximate surface area is 105 Å². The zero-order valence-electron chi connectivity index (χ0n) is 9.71. The summed E-state index contributed by atoms with van der Waals surface area (Å²) >= 11 is 5.71. The molecule has 17 heavy (non-hydrogen) atoms. The molecule has 0 fully saturated rings. The van der Waals surface area contributed by atoms with E-state index in [9.17, 15) is 9.18 Å². The summed E-state index contributed by atoms with van der Waals surface area (Å²) in [5.41, 5.74) is 0.627. The Kier molecular flexibility index (Phi) is 4.90. The number of hydrogen-bond donors (Lipinski definition) is 2. The minimum Gasteiger partial charge on any atom is -0.480 e. The summed E-state index contributed by atoms with van der Waals surface area (Å²) in [6.45, 7) is 3.89. The smallest absolute Gasteiger partial charge is 0.320 e. The van der Waals surface area contributed by atoms with Gasteiger partial charge in [0, 0.05) is 11.6 Å². The predicted octanol–water partition coefficient (Wildman–Crippen LogP) is 2.68. The number of halogens is 2. The van der Waals surface area contributed by atoms with Gasteiger partial charge in [-0.2, -0.15) is 0 Å². The van der Waals surface area contributed by atoms with Crippen molar-refractivity contribution in [2.24, 2.45) is 5.92 Å². The first-order valence-corrected chi connectivity index (χ1v) is 5.69. The van der Waals surface area contributed by atoms with Gasteiger partial charge in [-0.25, -0.2) is 4.39 Å². The van der Waals surface area contributed by atoms with Crippen molar-refractivity contribution in [3.05, 3.63) is 34.6 Å². The van der Waals surface area contributed by atoms with Crippen LogP contribution in [0, 0.1) is 11.7 Å². The highest BCUT2D eigenvalue weighted by molar-refractivity contribution is 6.30. The van der Waals surface area contributed by atoms with Crippen molar-refractivity contribution in [1.29, 1.82) is 0 Å². The van der Waals surface area contributed by atoms with Gasteiger partial charge in [0.2, 0.25) is 0 Å². The van der Waals surface area contributed by atoms with Crippen molar-refractivity contribution in [3.8, 4) is 0 Å². The molecular formula is C12H15ClFNO2.